The maximum atomic E-state index is 4.44. The van der Waals surface area contributed by atoms with E-state index in [0.717, 1.165) is 31.3 Å². The molecule has 0 atom stereocenters. The van der Waals surface area contributed by atoms with Crippen molar-refractivity contribution in [2.24, 2.45) is 4.99 Å². The summed E-state index contributed by atoms with van der Waals surface area (Å²) in [6.45, 7) is 6.00. The Kier molecular flexibility index (Phi) is 9.04. The number of aliphatic imine (C=N–C) groups is 1. The van der Waals surface area contributed by atoms with Crippen molar-refractivity contribution in [1.29, 1.82) is 0 Å². The van der Waals surface area contributed by atoms with E-state index in [4.69, 9.17) is 0 Å². The highest BCUT2D eigenvalue weighted by atomic mass is 127. The van der Waals surface area contributed by atoms with Gasteiger partial charge in [0.25, 0.3) is 0 Å². The Bertz CT molecular complexity index is 606. The Hall–Kier alpha value is -1.83. The predicted octanol–water partition coefficient (Wildman–Crippen LogP) is 2.44. The molecule has 0 saturated carbocycles. The van der Waals surface area contributed by atoms with Gasteiger partial charge in [0.05, 0.1) is 0 Å². The third-order valence-electron chi connectivity index (χ3n) is 3.28. The minimum atomic E-state index is 0. The number of benzene rings is 1. The molecule has 0 amide bonds. The molecular formula is C17H24IN5. The summed E-state index contributed by atoms with van der Waals surface area (Å²) < 4.78 is 2.18. The van der Waals surface area contributed by atoms with Crippen molar-refractivity contribution in [1.82, 2.24) is 20.2 Å². The lowest BCUT2D eigenvalue weighted by Crippen LogP contribution is -2.38. The van der Waals surface area contributed by atoms with E-state index in [1.807, 2.05) is 18.5 Å². The molecule has 0 unspecified atom stereocenters. The highest BCUT2D eigenvalue weighted by Gasteiger charge is 2.04. The van der Waals surface area contributed by atoms with Gasteiger partial charge in [-0.2, -0.15) is 0 Å². The van der Waals surface area contributed by atoms with E-state index in [2.05, 4.69) is 56.0 Å². The normalized spacial score (nSPS) is 10.7. The SMILES string of the molecule is C=CCNC(=NC)NCCc1nccn1Cc1ccccc1.I. The number of imidazole rings is 1. The number of nitrogens with one attached hydrogen (secondary N) is 2. The fraction of sp³-hybridized carbons (Fsp3) is 0.294. The topological polar surface area (TPSA) is 54.2 Å². The van der Waals surface area contributed by atoms with Crippen LogP contribution >= 0.6 is 24.0 Å². The molecule has 124 valence electrons. The van der Waals surface area contributed by atoms with Crippen LogP contribution in [-0.2, 0) is 13.0 Å². The Morgan fingerprint density at radius 3 is 2.78 bits per heavy atom. The van der Waals surface area contributed by atoms with E-state index in [0.29, 0.717) is 6.54 Å². The van der Waals surface area contributed by atoms with Gasteiger partial charge < -0.3 is 15.2 Å². The molecular weight excluding hydrogens is 401 g/mol. The molecule has 0 spiro atoms. The van der Waals surface area contributed by atoms with Crippen LogP contribution in [0.2, 0.25) is 0 Å². The summed E-state index contributed by atoms with van der Waals surface area (Å²) in [6, 6.07) is 10.4. The summed E-state index contributed by atoms with van der Waals surface area (Å²) >= 11 is 0. The maximum Gasteiger partial charge on any atom is 0.191 e. The van der Waals surface area contributed by atoms with Gasteiger partial charge in [-0.3, -0.25) is 4.99 Å². The van der Waals surface area contributed by atoms with Gasteiger partial charge in [-0.05, 0) is 5.56 Å². The molecule has 1 aromatic carbocycles. The number of hydrogen-bond donors (Lipinski definition) is 2. The highest BCUT2D eigenvalue weighted by Crippen LogP contribution is 2.05. The molecule has 1 heterocycles. The Balaban J connectivity index is 0.00000264. The zero-order valence-electron chi connectivity index (χ0n) is 13.4. The van der Waals surface area contributed by atoms with E-state index in [9.17, 15) is 0 Å². The molecule has 0 saturated heterocycles. The number of rotatable bonds is 7. The molecule has 2 rings (SSSR count). The van der Waals surface area contributed by atoms with Crippen LogP contribution in [-0.4, -0.2) is 35.6 Å². The number of aromatic nitrogens is 2. The van der Waals surface area contributed by atoms with Crippen LogP contribution in [0, 0.1) is 0 Å². The van der Waals surface area contributed by atoms with E-state index in [-0.39, 0.29) is 24.0 Å². The second kappa shape index (κ2) is 10.8. The summed E-state index contributed by atoms with van der Waals surface area (Å²) in [7, 11) is 1.76. The molecule has 6 heteroatoms. The van der Waals surface area contributed by atoms with E-state index in [1.165, 1.54) is 5.56 Å². The summed E-state index contributed by atoms with van der Waals surface area (Å²) in [5.41, 5.74) is 1.28. The van der Waals surface area contributed by atoms with Gasteiger partial charge in [0.15, 0.2) is 5.96 Å². The molecule has 0 fully saturated rings. The Morgan fingerprint density at radius 2 is 2.09 bits per heavy atom. The Labute approximate surface area is 154 Å². The lowest BCUT2D eigenvalue weighted by Gasteiger charge is -2.11. The summed E-state index contributed by atoms with van der Waals surface area (Å²) in [4.78, 5) is 8.60. The quantitative estimate of drug-likeness (QED) is 0.310. The molecule has 0 radical (unpaired) electrons. The van der Waals surface area contributed by atoms with Crippen LogP contribution in [0.25, 0.3) is 0 Å². The number of halogens is 1. The van der Waals surface area contributed by atoms with Gasteiger partial charge in [0.1, 0.15) is 5.82 Å². The molecule has 23 heavy (non-hydrogen) atoms. The third kappa shape index (κ3) is 6.43. The molecule has 0 aliphatic rings. The molecule has 2 N–H and O–H groups in total. The van der Waals surface area contributed by atoms with Crippen molar-refractivity contribution in [2.45, 2.75) is 13.0 Å². The molecule has 1 aromatic heterocycles. The fourth-order valence-electron chi connectivity index (χ4n) is 2.17. The average Bonchev–Trinajstić information content (AvgIpc) is 2.99. The predicted molar refractivity (Wildman–Crippen MR) is 106 cm³/mol. The molecule has 0 aliphatic heterocycles. The van der Waals surface area contributed by atoms with Gasteiger partial charge in [0.2, 0.25) is 0 Å². The second-order valence-corrected chi connectivity index (χ2v) is 4.88. The maximum absolute atomic E-state index is 4.44. The zero-order chi connectivity index (χ0) is 15.6. The fourth-order valence-corrected chi connectivity index (χ4v) is 2.17. The van der Waals surface area contributed by atoms with Crippen LogP contribution in [0.1, 0.15) is 11.4 Å². The first-order chi connectivity index (χ1) is 10.8. The lowest BCUT2D eigenvalue weighted by atomic mass is 10.2. The highest BCUT2D eigenvalue weighted by molar-refractivity contribution is 14.0. The zero-order valence-corrected chi connectivity index (χ0v) is 15.7. The number of nitrogens with zero attached hydrogens (tertiary/aromatic N) is 3. The van der Waals surface area contributed by atoms with Crippen molar-refractivity contribution in [3.63, 3.8) is 0 Å². The van der Waals surface area contributed by atoms with E-state index in [1.54, 1.807) is 13.1 Å². The van der Waals surface area contributed by atoms with Crippen molar-refractivity contribution in [3.8, 4) is 0 Å². The second-order valence-electron chi connectivity index (χ2n) is 4.88. The van der Waals surface area contributed by atoms with Crippen LogP contribution in [0.5, 0.6) is 0 Å². The molecule has 5 nitrogen and oxygen atoms in total. The smallest absolute Gasteiger partial charge is 0.191 e. The van der Waals surface area contributed by atoms with Gasteiger partial charge in [-0.1, -0.05) is 36.4 Å². The van der Waals surface area contributed by atoms with Crippen molar-refractivity contribution in [2.75, 3.05) is 20.1 Å². The van der Waals surface area contributed by atoms with Gasteiger partial charge in [0, 0.05) is 45.5 Å². The van der Waals surface area contributed by atoms with Crippen LogP contribution < -0.4 is 10.6 Å². The Morgan fingerprint density at radius 1 is 1.30 bits per heavy atom. The van der Waals surface area contributed by atoms with E-state index < -0.39 is 0 Å². The average molecular weight is 425 g/mol. The lowest BCUT2D eigenvalue weighted by molar-refractivity contribution is 0.696. The van der Waals surface area contributed by atoms with E-state index >= 15 is 0 Å². The van der Waals surface area contributed by atoms with Crippen LogP contribution in [0.3, 0.4) is 0 Å². The van der Waals surface area contributed by atoms with Crippen molar-refractivity contribution < 1.29 is 0 Å². The van der Waals surface area contributed by atoms with Crippen LogP contribution in [0.15, 0.2) is 60.4 Å². The van der Waals surface area contributed by atoms with Crippen molar-refractivity contribution in [3.05, 3.63) is 66.8 Å². The summed E-state index contributed by atoms with van der Waals surface area (Å²) in [5.74, 6) is 1.84. The molecule has 0 bridgehead atoms. The minimum Gasteiger partial charge on any atom is -0.356 e. The summed E-state index contributed by atoms with van der Waals surface area (Å²) in [5, 5.41) is 6.42. The first-order valence-electron chi connectivity index (χ1n) is 7.43. The number of guanidine groups is 1. The monoisotopic (exact) mass is 425 g/mol. The first-order valence-corrected chi connectivity index (χ1v) is 7.43. The van der Waals surface area contributed by atoms with Crippen LogP contribution in [0.4, 0.5) is 0 Å². The summed E-state index contributed by atoms with van der Waals surface area (Å²) in [6.07, 6.45) is 6.52. The molecule has 2 aromatic rings. The number of hydrogen-bond acceptors (Lipinski definition) is 2. The van der Waals surface area contributed by atoms with Crippen molar-refractivity contribution >= 4 is 29.9 Å². The van der Waals surface area contributed by atoms with Gasteiger partial charge in [-0.25, -0.2) is 4.98 Å². The largest absolute Gasteiger partial charge is 0.356 e. The van der Waals surface area contributed by atoms with Gasteiger partial charge in [-0.15, -0.1) is 30.6 Å². The third-order valence-corrected chi connectivity index (χ3v) is 3.28. The standard InChI is InChI=1S/C17H23N5.HI/c1-3-10-20-17(18-2)21-11-9-16-19-12-13-22(16)14-15-7-5-4-6-8-15;/h3-8,12-13H,1,9-11,14H2,2H3,(H2,18,20,21);1H. The minimum absolute atomic E-state index is 0. The first kappa shape index (κ1) is 19.2. The van der Waals surface area contributed by atoms with Gasteiger partial charge >= 0.3 is 0 Å². The molecule has 0 aliphatic carbocycles.